The zero-order chi connectivity index (χ0) is 17.3. The molecule has 0 heterocycles. The molecule has 0 radical (unpaired) electrons. The van der Waals surface area contributed by atoms with E-state index in [2.05, 4.69) is 16.1 Å². The van der Waals surface area contributed by atoms with Gasteiger partial charge in [-0.15, -0.1) is 0 Å². The molecule has 0 atom stereocenters. The molecule has 21 heavy (non-hydrogen) atoms. The average Bonchev–Trinajstić information content (AvgIpc) is 2.39. The van der Waals surface area contributed by atoms with Gasteiger partial charge in [-0.3, -0.25) is 19.2 Å². The van der Waals surface area contributed by atoms with Gasteiger partial charge in [-0.2, -0.15) is 0 Å². The molecule has 9 heteroatoms. The fourth-order valence-electron chi connectivity index (χ4n) is 0.634. The topological polar surface area (TPSA) is 105 Å². The van der Waals surface area contributed by atoms with Gasteiger partial charge in [0.2, 0.25) is 0 Å². The first-order chi connectivity index (χ1) is 9.74. The third kappa shape index (κ3) is 32.4. The van der Waals surface area contributed by atoms with Gasteiger partial charge in [-0.25, -0.2) is 0 Å². The Hall–Kier alpha value is -1.09. The van der Waals surface area contributed by atoms with Gasteiger partial charge in [-0.1, -0.05) is 0 Å². The molecular weight excluding hydrogens is 320 g/mol. The second kappa shape index (κ2) is 18.9. The molecule has 0 aromatic rings. The molecule has 0 aromatic heterocycles. The summed E-state index contributed by atoms with van der Waals surface area (Å²) in [6.07, 6.45) is -0.229. The number of ketones is 2. The molecule has 0 amide bonds. The third-order valence-corrected chi connectivity index (χ3v) is 1.93. The number of rotatable bonds is 6. The number of Topliss-reactive ketones (excluding diaryl/α,β-unsaturated/α-hetero) is 2. The van der Waals surface area contributed by atoms with E-state index in [4.69, 9.17) is 0 Å². The molecule has 0 aromatic carbocycles. The molecule has 0 rings (SSSR count). The molecule has 0 aliphatic carbocycles. The molecule has 8 nitrogen and oxygen atoms in total. The van der Waals surface area contributed by atoms with Crippen molar-refractivity contribution in [1.29, 1.82) is 0 Å². The third-order valence-electron chi connectivity index (χ3n) is 1.41. The Bertz CT molecular complexity index is 286. The van der Waals surface area contributed by atoms with E-state index in [0.717, 1.165) is 0 Å². The van der Waals surface area contributed by atoms with Crippen molar-refractivity contribution < 1.29 is 55.2 Å². The number of methoxy groups -OCH3 is 2. The van der Waals surface area contributed by atoms with Crippen molar-refractivity contribution >= 4 is 23.5 Å². The first kappa shape index (κ1) is 24.9. The van der Waals surface area contributed by atoms with Gasteiger partial charge in [0.25, 0.3) is 0 Å². The second-order valence-corrected chi connectivity index (χ2v) is 4.94. The summed E-state index contributed by atoms with van der Waals surface area (Å²) in [6.45, 7) is 2.69. The van der Waals surface area contributed by atoms with Crippen molar-refractivity contribution in [3.8, 4) is 0 Å². The van der Waals surface area contributed by atoms with Crippen LogP contribution in [0.15, 0.2) is 0 Å². The van der Waals surface area contributed by atoms with Crippen molar-refractivity contribution in [2.24, 2.45) is 0 Å². The van der Waals surface area contributed by atoms with Gasteiger partial charge in [-0.05, 0) is 13.8 Å². The number of hydrogen-bond donors (Lipinski definition) is 0. The summed E-state index contributed by atoms with van der Waals surface area (Å²) >= 11 is -0.472. The van der Waals surface area contributed by atoms with Crippen LogP contribution in [0.25, 0.3) is 0 Å². The molecule has 0 aliphatic rings. The predicted molar refractivity (Wildman–Crippen MR) is 68.6 cm³/mol. The average molecular weight is 342 g/mol. The van der Waals surface area contributed by atoms with Gasteiger partial charge in [0.05, 0.1) is 14.2 Å². The number of hydrogen-bond acceptors (Lipinski definition) is 8. The standard InChI is InChI=1S/2C5H8O3.2CH3O.Ti/c2*1-4(6)3-5(7)8-2;2*1-2;/h2*3H2,1-2H3;2*1H3;/q;;2*-1;+2. The summed E-state index contributed by atoms with van der Waals surface area (Å²) in [5.74, 6) is -1.29. The van der Waals surface area contributed by atoms with Gasteiger partial charge in [0.15, 0.2) is 0 Å². The fraction of sp³-hybridized carbons (Fsp3) is 0.667. The van der Waals surface area contributed by atoms with Crippen LogP contribution in [-0.4, -0.2) is 51.9 Å². The molecule has 0 spiro atoms. The molecule has 0 fully saturated rings. The normalized spacial score (nSPS) is 8.10. The Balaban J connectivity index is -0.000000239. The zero-order valence-electron chi connectivity index (χ0n) is 13.2. The van der Waals surface area contributed by atoms with Crippen LogP contribution in [-0.2, 0) is 55.2 Å². The SMILES string of the molecule is COC(=O)CC(C)=O.COC(=O)CC(C)=O.C[O][Ti][O]C. The summed E-state index contributed by atoms with van der Waals surface area (Å²) in [6, 6.07) is 0. The van der Waals surface area contributed by atoms with Crippen LogP contribution in [0, 0.1) is 0 Å². The zero-order valence-corrected chi connectivity index (χ0v) is 14.7. The minimum absolute atomic E-state index is 0.115. The Labute approximate surface area is 134 Å². The molecule has 0 saturated carbocycles. The Morgan fingerprint density at radius 2 is 1.00 bits per heavy atom. The molecule has 122 valence electrons. The molecule has 0 unspecified atom stereocenters. The van der Waals surface area contributed by atoms with E-state index < -0.39 is 31.9 Å². The van der Waals surface area contributed by atoms with Crippen LogP contribution in [0.3, 0.4) is 0 Å². The quantitative estimate of drug-likeness (QED) is 0.390. The number of esters is 2. The van der Waals surface area contributed by atoms with E-state index in [9.17, 15) is 19.2 Å². The molecule has 0 N–H and O–H groups in total. The van der Waals surface area contributed by atoms with Crippen LogP contribution in [0.1, 0.15) is 26.7 Å². The van der Waals surface area contributed by atoms with E-state index in [0.29, 0.717) is 0 Å². The maximum atomic E-state index is 10.2. The van der Waals surface area contributed by atoms with Gasteiger partial charge in [0, 0.05) is 0 Å². The Morgan fingerprint density at radius 3 is 1.05 bits per heavy atom. The van der Waals surface area contributed by atoms with Crippen LogP contribution in [0.2, 0.25) is 0 Å². The molecular formula is C12H22O8Ti. The first-order valence-electron chi connectivity index (χ1n) is 5.68. The van der Waals surface area contributed by atoms with E-state index in [1.54, 1.807) is 14.2 Å². The number of carbonyl (C=O) groups excluding carboxylic acids is 4. The summed E-state index contributed by atoms with van der Waals surface area (Å²) < 4.78 is 17.6. The van der Waals surface area contributed by atoms with Crippen molar-refractivity contribution in [2.75, 3.05) is 28.4 Å². The molecule has 0 saturated heterocycles. The van der Waals surface area contributed by atoms with Crippen LogP contribution in [0.4, 0.5) is 0 Å². The van der Waals surface area contributed by atoms with Gasteiger partial charge in [0.1, 0.15) is 24.4 Å². The van der Waals surface area contributed by atoms with Crippen LogP contribution in [0.5, 0.6) is 0 Å². The van der Waals surface area contributed by atoms with Gasteiger partial charge < -0.3 is 9.47 Å². The number of carbonyl (C=O) groups is 4. The first-order valence-corrected chi connectivity index (χ1v) is 6.96. The Morgan fingerprint density at radius 1 is 0.714 bits per heavy atom. The Kier molecular flexibility index (Phi) is 22.4. The van der Waals surface area contributed by atoms with Gasteiger partial charge >= 0.3 is 52.7 Å². The predicted octanol–water partition coefficient (Wildman–Crippen LogP) is 0.469. The summed E-state index contributed by atoms with van der Waals surface area (Å²) in [7, 11) is 5.80. The fourth-order valence-corrected chi connectivity index (χ4v) is 0.894. The van der Waals surface area contributed by atoms with Crippen molar-refractivity contribution in [1.82, 2.24) is 0 Å². The van der Waals surface area contributed by atoms with E-state index in [1.165, 1.54) is 28.1 Å². The monoisotopic (exact) mass is 342 g/mol. The van der Waals surface area contributed by atoms with Crippen molar-refractivity contribution in [3.05, 3.63) is 0 Å². The van der Waals surface area contributed by atoms with E-state index in [1.807, 2.05) is 0 Å². The summed E-state index contributed by atoms with van der Waals surface area (Å²) in [5.41, 5.74) is 0. The van der Waals surface area contributed by atoms with E-state index in [-0.39, 0.29) is 24.4 Å². The van der Waals surface area contributed by atoms with E-state index >= 15 is 0 Å². The second-order valence-electron chi connectivity index (χ2n) is 3.40. The minimum atomic E-state index is -0.475. The van der Waals surface area contributed by atoms with Crippen LogP contribution < -0.4 is 0 Å². The van der Waals surface area contributed by atoms with Crippen molar-refractivity contribution in [2.45, 2.75) is 26.7 Å². The number of ether oxygens (including phenoxy) is 2. The summed E-state index contributed by atoms with van der Waals surface area (Å²) in [5, 5.41) is 0. The maximum absolute atomic E-state index is 10.2. The summed E-state index contributed by atoms with van der Waals surface area (Å²) in [4.78, 5) is 40.6. The van der Waals surface area contributed by atoms with Crippen LogP contribution >= 0.6 is 0 Å². The molecule has 0 bridgehead atoms. The molecule has 0 aliphatic heterocycles. The van der Waals surface area contributed by atoms with Crippen molar-refractivity contribution in [3.63, 3.8) is 0 Å².